The standard InChI is InChI=1S/15CH4/h15*1H4. The van der Waals surface area contributed by atoms with Crippen LogP contribution in [0.2, 0.25) is 0 Å². The van der Waals surface area contributed by atoms with Crippen LogP contribution >= 0.6 is 0 Å². The third-order valence-electron chi connectivity index (χ3n) is 0. The fourth-order valence-corrected chi connectivity index (χ4v) is 0. The van der Waals surface area contributed by atoms with Crippen molar-refractivity contribution in [1.29, 1.82) is 0 Å². The van der Waals surface area contributed by atoms with Gasteiger partial charge in [-0.2, -0.15) is 0 Å². The summed E-state index contributed by atoms with van der Waals surface area (Å²) in [6, 6.07) is 0. The van der Waals surface area contributed by atoms with Crippen molar-refractivity contribution in [3.63, 3.8) is 0 Å². The summed E-state index contributed by atoms with van der Waals surface area (Å²) in [6.45, 7) is 0. The van der Waals surface area contributed by atoms with Crippen LogP contribution in [0.4, 0.5) is 0 Å². The van der Waals surface area contributed by atoms with Crippen LogP contribution in [-0.4, -0.2) is 0 Å². The van der Waals surface area contributed by atoms with Crippen molar-refractivity contribution in [2.45, 2.75) is 111 Å². The average molecular weight is 241 g/mol. The molecule has 0 saturated carbocycles. The molecule has 0 aromatic rings. The third kappa shape index (κ3) is 0. The SMILES string of the molecule is C.C.C.C.C.C.C.C.C.C.C.C.C.C.C. The fraction of sp³-hybridized carbons (Fsp3) is 1.00. The van der Waals surface area contributed by atoms with Crippen molar-refractivity contribution in [2.24, 2.45) is 0 Å². The van der Waals surface area contributed by atoms with Gasteiger partial charge in [-0.15, -0.1) is 0 Å². The molecule has 0 radical (unpaired) electrons. The van der Waals surface area contributed by atoms with Crippen LogP contribution in [-0.2, 0) is 0 Å². The van der Waals surface area contributed by atoms with Gasteiger partial charge in [-0.3, -0.25) is 0 Å². The molecule has 0 nitrogen and oxygen atoms in total. The van der Waals surface area contributed by atoms with Gasteiger partial charge in [0.2, 0.25) is 0 Å². The van der Waals surface area contributed by atoms with Gasteiger partial charge in [-0.25, -0.2) is 0 Å². The first kappa shape index (κ1) is 0. The van der Waals surface area contributed by atoms with Crippen LogP contribution in [0.1, 0.15) is 111 Å². The van der Waals surface area contributed by atoms with Crippen molar-refractivity contribution in [2.75, 3.05) is 0 Å². The van der Waals surface area contributed by atoms with Gasteiger partial charge < -0.3 is 0 Å². The quantitative estimate of drug-likeness (QED) is 0.395. The lowest BCUT2D eigenvalue weighted by Crippen LogP contribution is 0.143. The van der Waals surface area contributed by atoms with Crippen molar-refractivity contribution in [3.8, 4) is 0 Å². The normalized spacial score (nSPS) is 0. The van der Waals surface area contributed by atoms with Crippen LogP contribution in [0.3, 0.4) is 0 Å². The van der Waals surface area contributed by atoms with Gasteiger partial charge in [-0.1, -0.05) is 111 Å². The van der Waals surface area contributed by atoms with Crippen LogP contribution in [0.25, 0.3) is 0 Å². The summed E-state index contributed by atoms with van der Waals surface area (Å²) in [5.41, 5.74) is 0. The second kappa shape index (κ2) is 0. The molecule has 0 atom stereocenters. The summed E-state index contributed by atoms with van der Waals surface area (Å²) in [5, 5.41) is 0. The monoisotopic (exact) mass is 240 g/mol. The molecule has 0 spiro atoms. The zero-order valence-corrected chi connectivity index (χ0v) is 0. The van der Waals surface area contributed by atoms with E-state index in [9.17, 15) is 0 Å². The van der Waals surface area contributed by atoms with Gasteiger partial charge in [0.25, 0.3) is 0 Å². The van der Waals surface area contributed by atoms with E-state index in [0.29, 0.717) is 0 Å². The molecule has 0 N–H and O–H groups in total. The second-order valence-electron chi connectivity index (χ2n) is 0. The fourth-order valence-electron chi connectivity index (χ4n) is 0. The topological polar surface area (TPSA) is 0 Å². The van der Waals surface area contributed by atoms with Crippen molar-refractivity contribution in [3.05, 3.63) is 0 Å². The van der Waals surface area contributed by atoms with Gasteiger partial charge in [0.05, 0.1) is 0 Å². The summed E-state index contributed by atoms with van der Waals surface area (Å²) in [7, 11) is 0. The summed E-state index contributed by atoms with van der Waals surface area (Å²) in [5.74, 6) is 0. The smallest absolute Gasteiger partial charge is 0.0776 e. The molecular formula is C15H60. The average Bonchev–Trinajstić information content (AvgIpc) is 0. The Bertz CT molecular complexity index is 0. The first-order valence-electron chi connectivity index (χ1n) is 0. The summed E-state index contributed by atoms with van der Waals surface area (Å²) in [6.07, 6.45) is 0. The third-order valence-corrected chi connectivity index (χ3v) is 0. The Morgan fingerprint density at radius 1 is 0.0667 bits per heavy atom. The molecule has 0 aliphatic carbocycles. The highest BCUT2D eigenvalue weighted by molar-refractivity contribution is 2.52. The molecule has 0 heterocycles. The number of hydrogen-bond donors (Lipinski definition) is 0. The highest BCUT2D eigenvalue weighted by Crippen LogP contribution is 0.158. The molecule has 0 fully saturated rings. The van der Waals surface area contributed by atoms with Crippen LogP contribution in [0, 0.1) is 0 Å². The number of hydrogen-bond acceptors (Lipinski definition) is 0. The largest absolute Gasteiger partial charge is 0.0776 e. The van der Waals surface area contributed by atoms with E-state index in [1.54, 1.807) is 0 Å². The van der Waals surface area contributed by atoms with Crippen molar-refractivity contribution in [1.82, 2.24) is 0 Å². The lowest BCUT2D eigenvalue weighted by Gasteiger charge is -0.0786. The number of rotatable bonds is 0. The molecule has 0 saturated heterocycles. The molecule has 0 aromatic heterocycles. The first-order chi connectivity index (χ1) is 0. The van der Waals surface area contributed by atoms with E-state index in [2.05, 4.69) is 0 Å². The molecule has 0 unspecified atom stereocenters. The second-order valence-corrected chi connectivity index (χ2v) is 0. The minimum Gasteiger partial charge on any atom is -0.0776 e. The van der Waals surface area contributed by atoms with E-state index >= 15 is 0 Å². The molecule has 120 valence electrons. The maximum Gasteiger partial charge on any atom is -0.0776 e. The maximum atomic E-state index is 0. The van der Waals surface area contributed by atoms with Gasteiger partial charge in [-0.05, 0) is 0 Å². The zero-order valence-electron chi connectivity index (χ0n) is 0. The van der Waals surface area contributed by atoms with E-state index in [0.717, 1.165) is 0 Å². The summed E-state index contributed by atoms with van der Waals surface area (Å²) >= 11 is 0. The summed E-state index contributed by atoms with van der Waals surface area (Å²) < 4.78 is 0. The van der Waals surface area contributed by atoms with E-state index in [-0.39, 0.29) is 111 Å². The highest BCUT2D eigenvalue weighted by atomic mass is 12.0. The maximum absolute atomic E-state index is 0. The van der Waals surface area contributed by atoms with Crippen LogP contribution < -0.4 is 0 Å². The molecular weight excluding hydrogens is 180 g/mol. The Balaban J connectivity index is 0. The minimum atomic E-state index is 0. The van der Waals surface area contributed by atoms with E-state index in [1.807, 2.05) is 0 Å². The molecule has 0 aliphatic rings. The van der Waals surface area contributed by atoms with Gasteiger partial charge >= 0.3 is 0 Å². The zero-order chi connectivity index (χ0) is 0. The van der Waals surface area contributed by atoms with Gasteiger partial charge in [0, 0.05) is 0 Å². The van der Waals surface area contributed by atoms with Crippen molar-refractivity contribution >= 4 is 0 Å². The van der Waals surface area contributed by atoms with E-state index < -0.39 is 0 Å². The van der Waals surface area contributed by atoms with Crippen LogP contribution in [0.5, 0.6) is 0 Å². The Kier molecular flexibility index (Phi) is 0. The minimum absolute atomic E-state index is 0. The van der Waals surface area contributed by atoms with E-state index in [1.165, 1.54) is 0 Å². The van der Waals surface area contributed by atoms with Gasteiger partial charge in [0.15, 0.2) is 0 Å². The Morgan fingerprint density at radius 2 is 0.0667 bits per heavy atom. The molecule has 0 aromatic carbocycles. The van der Waals surface area contributed by atoms with E-state index in [4.69, 9.17) is 0 Å². The summed E-state index contributed by atoms with van der Waals surface area (Å²) in [4.78, 5) is 0. The van der Waals surface area contributed by atoms with Crippen molar-refractivity contribution < 1.29 is 0 Å². The molecule has 0 aliphatic heterocycles. The lowest BCUT2D eigenvalue weighted by atomic mass is 12.0. The highest BCUT2D eigenvalue weighted by Gasteiger charge is -0.0636. The van der Waals surface area contributed by atoms with Gasteiger partial charge in [0.1, 0.15) is 0 Å². The Hall–Kier alpha value is 0. The lowest BCUT2D eigenvalue weighted by molar-refractivity contribution is 2.50. The molecule has 15 heavy (non-hydrogen) atoms. The Morgan fingerprint density at radius 3 is 0.0667 bits per heavy atom. The molecule has 0 amide bonds. The predicted molar refractivity (Wildman–Crippen MR) is 101 cm³/mol. The molecule has 0 heteroatoms. The van der Waals surface area contributed by atoms with Crippen LogP contribution in [0.15, 0.2) is 0 Å². The molecule has 0 rings (SSSR count). The predicted octanol–water partition coefficient (Wildman–Crippen LogP) is 9.54. The molecule has 0 bridgehead atoms. The Labute approximate surface area is 112 Å². The first-order valence-corrected chi connectivity index (χ1v) is 0.